The molecule has 1 aliphatic heterocycles. The lowest BCUT2D eigenvalue weighted by Crippen LogP contribution is -2.20. The Morgan fingerprint density at radius 2 is 2.00 bits per heavy atom. The van der Waals surface area contributed by atoms with Crippen LogP contribution in [0.15, 0.2) is 36.1 Å². The molecule has 2 aliphatic rings. The maximum absolute atomic E-state index is 11.9. The molecule has 0 N–H and O–H groups in total. The van der Waals surface area contributed by atoms with Gasteiger partial charge in [0.2, 0.25) is 0 Å². The average molecular weight is 216 g/mol. The van der Waals surface area contributed by atoms with Gasteiger partial charge >= 0.3 is 0 Å². The van der Waals surface area contributed by atoms with E-state index in [1.807, 2.05) is 30.3 Å². The molecule has 0 spiro atoms. The van der Waals surface area contributed by atoms with Gasteiger partial charge in [-0.1, -0.05) is 30.3 Å². The number of carbonyl (C=O) groups excluding carboxylic acids is 1. The standard InChI is InChI=1S/C13H12O3/c14-10-6-7-11-13(16-8-15-11)12(10)9-4-2-1-3-5-9/h1-5,11H,6-8H2. The first kappa shape index (κ1) is 9.60. The van der Waals surface area contributed by atoms with Gasteiger partial charge < -0.3 is 9.47 Å². The Labute approximate surface area is 93.7 Å². The molecule has 3 rings (SSSR count). The van der Waals surface area contributed by atoms with E-state index >= 15 is 0 Å². The Balaban J connectivity index is 2.12. The van der Waals surface area contributed by atoms with Gasteiger partial charge in [0.25, 0.3) is 0 Å². The Hall–Kier alpha value is -1.61. The largest absolute Gasteiger partial charge is 0.468 e. The monoisotopic (exact) mass is 216 g/mol. The topological polar surface area (TPSA) is 35.5 Å². The summed E-state index contributed by atoms with van der Waals surface area (Å²) in [6.45, 7) is 0.267. The lowest BCUT2D eigenvalue weighted by atomic mass is 9.89. The first-order valence-electron chi connectivity index (χ1n) is 5.43. The van der Waals surface area contributed by atoms with Crippen molar-refractivity contribution >= 4 is 11.4 Å². The zero-order chi connectivity index (χ0) is 11.0. The molecule has 1 aromatic carbocycles. The molecule has 1 unspecified atom stereocenters. The van der Waals surface area contributed by atoms with Crippen molar-refractivity contribution in [2.24, 2.45) is 0 Å². The van der Waals surface area contributed by atoms with Gasteiger partial charge in [0, 0.05) is 6.42 Å². The summed E-state index contributed by atoms with van der Waals surface area (Å²) in [4.78, 5) is 11.9. The first-order chi connectivity index (χ1) is 7.86. The van der Waals surface area contributed by atoms with Crippen molar-refractivity contribution in [2.45, 2.75) is 18.9 Å². The molecule has 1 heterocycles. The smallest absolute Gasteiger partial charge is 0.189 e. The lowest BCUT2D eigenvalue weighted by molar-refractivity contribution is -0.114. The molecule has 1 aliphatic carbocycles. The molecular formula is C13H12O3. The van der Waals surface area contributed by atoms with Crippen molar-refractivity contribution in [1.29, 1.82) is 0 Å². The fraction of sp³-hybridized carbons (Fsp3) is 0.308. The van der Waals surface area contributed by atoms with Crippen LogP contribution in [-0.4, -0.2) is 18.7 Å². The summed E-state index contributed by atoms with van der Waals surface area (Å²) in [7, 11) is 0. The zero-order valence-electron chi connectivity index (χ0n) is 8.81. The average Bonchev–Trinajstić information content (AvgIpc) is 2.78. The van der Waals surface area contributed by atoms with E-state index in [9.17, 15) is 4.79 Å². The lowest BCUT2D eigenvalue weighted by Gasteiger charge is -2.19. The number of benzene rings is 1. The Morgan fingerprint density at radius 3 is 2.81 bits per heavy atom. The molecule has 82 valence electrons. The van der Waals surface area contributed by atoms with Gasteiger partial charge in [0.05, 0.1) is 5.57 Å². The van der Waals surface area contributed by atoms with Crippen molar-refractivity contribution in [3.05, 3.63) is 41.7 Å². The van der Waals surface area contributed by atoms with Crippen molar-refractivity contribution in [1.82, 2.24) is 0 Å². The van der Waals surface area contributed by atoms with E-state index < -0.39 is 0 Å². The third-order valence-electron chi connectivity index (χ3n) is 3.00. The van der Waals surface area contributed by atoms with Crippen molar-refractivity contribution in [3.63, 3.8) is 0 Å². The van der Waals surface area contributed by atoms with E-state index in [1.165, 1.54) is 0 Å². The number of hydrogen-bond donors (Lipinski definition) is 0. The van der Waals surface area contributed by atoms with Crippen LogP contribution in [0.25, 0.3) is 5.57 Å². The maximum atomic E-state index is 11.9. The number of carbonyl (C=O) groups is 1. The minimum Gasteiger partial charge on any atom is -0.468 e. The highest BCUT2D eigenvalue weighted by atomic mass is 16.7. The van der Waals surface area contributed by atoms with E-state index in [0.29, 0.717) is 12.0 Å². The van der Waals surface area contributed by atoms with Gasteiger partial charge in [0.15, 0.2) is 12.6 Å². The summed E-state index contributed by atoms with van der Waals surface area (Å²) in [6, 6.07) is 9.66. The van der Waals surface area contributed by atoms with Crippen LogP contribution in [0.4, 0.5) is 0 Å². The summed E-state index contributed by atoms with van der Waals surface area (Å²) in [6.07, 6.45) is 1.26. The number of allylic oxidation sites excluding steroid dienone is 1. The van der Waals surface area contributed by atoms with Crippen molar-refractivity contribution < 1.29 is 14.3 Å². The third-order valence-corrected chi connectivity index (χ3v) is 3.00. The van der Waals surface area contributed by atoms with Gasteiger partial charge in [-0.05, 0) is 12.0 Å². The minimum atomic E-state index is -0.0205. The van der Waals surface area contributed by atoms with E-state index in [4.69, 9.17) is 9.47 Å². The van der Waals surface area contributed by atoms with Crippen molar-refractivity contribution in [3.8, 4) is 0 Å². The summed E-state index contributed by atoms with van der Waals surface area (Å²) < 4.78 is 10.9. The third kappa shape index (κ3) is 1.44. The fourth-order valence-corrected chi connectivity index (χ4v) is 2.23. The Morgan fingerprint density at radius 1 is 1.19 bits per heavy atom. The first-order valence-corrected chi connectivity index (χ1v) is 5.43. The molecule has 1 saturated heterocycles. The molecule has 16 heavy (non-hydrogen) atoms. The highest BCUT2D eigenvalue weighted by molar-refractivity contribution is 6.22. The van der Waals surface area contributed by atoms with Crippen LogP contribution >= 0.6 is 0 Å². The number of Topliss-reactive ketones (excluding diaryl/α,β-unsaturated/α-hetero) is 1. The molecule has 1 fully saturated rings. The van der Waals surface area contributed by atoms with Crippen LogP contribution in [0.5, 0.6) is 0 Å². The second-order valence-corrected chi connectivity index (χ2v) is 3.98. The van der Waals surface area contributed by atoms with Crippen molar-refractivity contribution in [2.75, 3.05) is 6.79 Å². The Kier molecular flexibility index (Phi) is 2.26. The van der Waals surface area contributed by atoms with Gasteiger partial charge in [-0.2, -0.15) is 0 Å². The van der Waals surface area contributed by atoms with Gasteiger partial charge in [-0.25, -0.2) is 0 Å². The van der Waals surface area contributed by atoms with Crippen LogP contribution in [0, 0.1) is 0 Å². The SMILES string of the molecule is O=C1CCC2OCOC2=C1c1ccccc1. The van der Waals surface area contributed by atoms with Crippen LogP contribution in [0.2, 0.25) is 0 Å². The number of ketones is 1. The summed E-state index contributed by atoms with van der Waals surface area (Å²) in [5, 5.41) is 0. The summed E-state index contributed by atoms with van der Waals surface area (Å²) in [5.41, 5.74) is 1.63. The highest BCUT2D eigenvalue weighted by Gasteiger charge is 2.34. The summed E-state index contributed by atoms with van der Waals surface area (Å²) >= 11 is 0. The summed E-state index contributed by atoms with van der Waals surface area (Å²) in [5.74, 6) is 0.880. The molecular weight excluding hydrogens is 204 g/mol. The fourth-order valence-electron chi connectivity index (χ4n) is 2.23. The molecule has 0 radical (unpaired) electrons. The molecule has 0 bridgehead atoms. The number of fused-ring (bicyclic) bond motifs is 1. The van der Waals surface area contributed by atoms with Crippen LogP contribution in [0.1, 0.15) is 18.4 Å². The molecule has 1 aromatic rings. The number of rotatable bonds is 1. The van der Waals surface area contributed by atoms with E-state index in [-0.39, 0.29) is 18.7 Å². The number of hydrogen-bond acceptors (Lipinski definition) is 3. The van der Waals surface area contributed by atoms with Crippen LogP contribution in [0.3, 0.4) is 0 Å². The molecule has 0 saturated carbocycles. The number of ether oxygens (including phenoxy) is 2. The minimum absolute atomic E-state index is 0.0205. The van der Waals surface area contributed by atoms with Gasteiger partial charge in [-0.3, -0.25) is 4.79 Å². The second-order valence-electron chi connectivity index (χ2n) is 3.98. The molecule has 1 atom stereocenters. The van der Waals surface area contributed by atoms with Gasteiger partial charge in [0.1, 0.15) is 11.9 Å². The Bertz CT molecular complexity index is 448. The predicted molar refractivity (Wildman–Crippen MR) is 58.4 cm³/mol. The van der Waals surface area contributed by atoms with Gasteiger partial charge in [-0.15, -0.1) is 0 Å². The van der Waals surface area contributed by atoms with E-state index in [2.05, 4.69) is 0 Å². The molecule has 3 heteroatoms. The molecule has 0 amide bonds. The van der Waals surface area contributed by atoms with E-state index in [0.717, 1.165) is 17.7 Å². The highest BCUT2D eigenvalue weighted by Crippen LogP contribution is 2.35. The van der Waals surface area contributed by atoms with Crippen LogP contribution in [-0.2, 0) is 14.3 Å². The van der Waals surface area contributed by atoms with Crippen LogP contribution < -0.4 is 0 Å². The molecule has 0 aromatic heterocycles. The zero-order valence-corrected chi connectivity index (χ0v) is 8.81. The molecule has 3 nitrogen and oxygen atoms in total. The maximum Gasteiger partial charge on any atom is 0.189 e. The normalized spacial score (nSPS) is 24.2. The quantitative estimate of drug-likeness (QED) is 0.721. The van der Waals surface area contributed by atoms with E-state index in [1.54, 1.807) is 0 Å². The predicted octanol–water partition coefficient (Wildman–Crippen LogP) is 2.13. The second kappa shape index (κ2) is 3.76.